The molecule has 3 aromatic rings. The van der Waals surface area contributed by atoms with Crippen LogP contribution in [0.5, 0.6) is 0 Å². The van der Waals surface area contributed by atoms with E-state index >= 15 is 4.39 Å². The number of hydrogen-bond donors (Lipinski definition) is 3. The SMILES string of the molecule is CC1(C)CN([C@H](CO)c2ccc(C(F)(F)F)cc2)CC[C@]1(O)c1ccc2ncc(C3CCC(=O)NC3=O)cc2c1F. The normalized spacial score (nSPS) is 24.3. The Hall–Kier alpha value is -3.41. The molecule has 2 aliphatic rings. The van der Waals surface area contributed by atoms with Crippen molar-refractivity contribution in [1.29, 1.82) is 0 Å². The summed E-state index contributed by atoms with van der Waals surface area (Å²) in [5.41, 5.74) is -1.93. The second-order valence-corrected chi connectivity index (χ2v) is 11.5. The van der Waals surface area contributed by atoms with E-state index in [9.17, 15) is 33.0 Å². The van der Waals surface area contributed by atoms with Crippen molar-refractivity contribution in [3.8, 4) is 0 Å². The molecule has 3 heterocycles. The van der Waals surface area contributed by atoms with E-state index in [0.29, 0.717) is 16.6 Å². The van der Waals surface area contributed by atoms with Crippen LogP contribution in [0.4, 0.5) is 17.6 Å². The number of pyridine rings is 1. The van der Waals surface area contributed by atoms with E-state index in [2.05, 4.69) is 10.3 Å². The lowest BCUT2D eigenvalue weighted by Gasteiger charge is -2.52. The molecule has 0 bridgehead atoms. The highest BCUT2D eigenvalue weighted by Crippen LogP contribution is 2.49. The van der Waals surface area contributed by atoms with Crippen molar-refractivity contribution in [3.05, 3.63) is 76.7 Å². The highest BCUT2D eigenvalue weighted by atomic mass is 19.4. The van der Waals surface area contributed by atoms with Crippen LogP contribution in [0.2, 0.25) is 0 Å². The monoisotopic (exact) mass is 573 g/mol. The average molecular weight is 574 g/mol. The molecule has 5 rings (SSSR count). The number of nitrogens with zero attached hydrogens (tertiary/aromatic N) is 2. The van der Waals surface area contributed by atoms with Crippen LogP contribution in [-0.2, 0) is 21.4 Å². The number of imide groups is 1. The first-order valence-electron chi connectivity index (χ1n) is 13.4. The number of hydrogen-bond acceptors (Lipinski definition) is 6. The fourth-order valence-electron chi connectivity index (χ4n) is 6.15. The first-order chi connectivity index (χ1) is 19.2. The van der Waals surface area contributed by atoms with Gasteiger partial charge in [-0.15, -0.1) is 0 Å². The van der Waals surface area contributed by atoms with Gasteiger partial charge >= 0.3 is 6.18 Å². The summed E-state index contributed by atoms with van der Waals surface area (Å²) in [4.78, 5) is 30.1. The maximum atomic E-state index is 16.2. The quantitative estimate of drug-likeness (QED) is 0.306. The van der Waals surface area contributed by atoms with Crippen molar-refractivity contribution in [3.63, 3.8) is 0 Å². The highest BCUT2D eigenvalue weighted by Gasteiger charge is 2.51. The number of likely N-dealkylation sites (tertiary alicyclic amines) is 1. The van der Waals surface area contributed by atoms with Crippen LogP contribution in [0.25, 0.3) is 10.9 Å². The fraction of sp³-hybridized carbons (Fsp3) is 0.433. The summed E-state index contributed by atoms with van der Waals surface area (Å²) in [5, 5.41) is 24.6. The lowest BCUT2D eigenvalue weighted by atomic mass is 9.66. The number of aromatic nitrogens is 1. The molecule has 0 radical (unpaired) electrons. The molecule has 2 fully saturated rings. The van der Waals surface area contributed by atoms with Gasteiger partial charge in [-0.05, 0) is 48.2 Å². The predicted octanol–water partition coefficient (Wildman–Crippen LogP) is 4.57. The lowest BCUT2D eigenvalue weighted by Crippen LogP contribution is -2.56. The lowest BCUT2D eigenvalue weighted by molar-refractivity contribution is -0.138. The van der Waals surface area contributed by atoms with Crippen LogP contribution in [0, 0.1) is 11.2 Å². The minimum atomic E-state index is -4.47. The van der Waals surface area contributed by atoms with Crippen molar-refractivity contribution < 1.29 is 37.4 Å². The predicted molar refractivity (Wildman–Crippen MR) is 142 cm³/mol. The van der Waals surface area contributed by atoms with Crippen LogP contribution in [0.1, 0.15) is 67.3 Å². The Morgan fingerprint density at radius 2 is 1.85 bits per heavy atom. The highest BCUT2D eigenvalue weighted by molar-refractivity contribution is 6.01. The number of fused-ring (bicyclic) bond motifs is 1. The van der Waals surface area contributed by atoms with E-state index in [1.807, 2.05) is 4.90 Å². The molecule has 41 heavy (non-hydrogen) atoms. The number of alkyl halides is 3. The number of benzene rings is 2. The molecule has 2 aromatic carbocycles. The van der Waals surface area contributed by atoms with Gasteiger partial charge in [0.25, 0.3) is 0 Å². The molecule has 1 unspecified atom stereocenters. The molecule has 1 aromatic heterocycles. The third kappa shape index (κ3) is 5.22. The maximum absolute atomic E-state index is 16.2. The van der Waals surface area contributed by atoms with E-state index < -0.39 is 46.4 Å². The van der Waals surface area contributed by atoms with Crippen LogP contribution in [-0.4, -0.2) is 51.6 Å². The molecule has 218 valence electrons. The molecular weight excluding hydrogens is 542 g/mol. The summed E-state index contributed by atoms with van der Waals surface area (Å²) < 4.78 is 55.3. The van der Waals surface area contributed by atoms with Gasteiger partial charge in [-0.3, -0.25) is 24.8 Å². The van der Waals surface area contributed by atoms with E-state index in [4.69, 9.17) is 0 Å². The Labute approximate surface area is 234 Å². The van der Waals surface area contributed by atoms with Gasteiger partial charge in [0.05, 0.1) is 35.2 Å². The first kappa shape index (κ1) is 29.1. The van der Waals surface area contributed by atoms with Gasteiger partial charge in [0.1, 0.15) is 5.82 Å². The number of rotatable bonds is 5. The number of halogens is 4. The summed E-state index contributed by atoms with van der Waals surface area (Å²) in [6, 6.07) is 8.69. The fourth-order valence-corrected chi connectivity index (χ4v) is 6.15. The van der Waals surface area contributed by atoms with Gasteiger partial charge in [0, 0.05) is 42.1 Å². The maximum Gasteiger partial charge on any atom is 0.416 e. The molecule has 7 nitrogen and oxygen atoms in total. The molecule has 0 aliphatic carbocycles. The number of amides is 2. The van der Waals surface area contributed by atoms with E-state index in [-0.39, 0.29) is 55.8 Å². The van der Waals surface area contributed by atoms with Gasteiger partial charge < -0.3 is 10.2 Å². The Bertz CT molecular complexity index is 1490. The van der Waals surface area contributed by atoms with Crippen LogP contribution < -0.4 is 5.32 Å². The largest absolute Gasteiger partial charge is 0.416 e. The Kier molecular flexibility index (Phi) is 7.42. The molecule has 0 saturated carbocycles. The number of aliphatic hydroxyl groups is 2. The summed E-state index contributed by atoms with van der Waals surface area (Å²) in [7, 11) is 0. The molecular formula is C30H31F4N3O4. The number of carbonyl (C=O) groups excluding carboxylic acids is 2. The molecule has 2 aliphatic heterocycles. The number of carbonyl (C=O) groups is 2. The second-order valence-electron chi connectivity index (χ2n) is 11.5. The average Bonchev–Trinajstić information content (AvgIpc) is 2.91. The first-order valence-corrected chi connectivity index (χ1v) is 13.4. The topological polar surface area (TPSA) is 103 Å². The smallest absolute Gasteiger partial charge is 0.394 e. The van der Waals surface area contributed by atoms with Crippen molar-refractivity contribution in [2.24, 2.45) is 5.41 Å². The molecule has 2 amide bonds. The number of piperidine rings is 2. The summed E-state index contributed by atoms with van der Waals surface area (Å²) in [6.45, 7) is 3.68. The molecule has 11 heteroatoms. The van der Waals surface area contributed by atoms with Crippen molar-refractivity contribution in [2.75, 3.05) is 19.7 Å². The van der Waals surface area contributed by atoms with Gasteiger partial charge in [0.2, 0.25) is 11.8 Å². The summed E-state index contributed by atoms with van der Waals surface area (Å²) in [5.74, 6) is -2.12. The van der Waals surface area contributed by atoms with Crippen LogP contribution in [0.15, 0.2) is 48.7 Å². The van der Waals surface area contributed by atoms with Gasteiger partial charge in [-0.2, -0.15) is 13.2 Å². The van der Waals surface area contributed by atoms with Crippen molar-refractivity contribution in [2.45, 2.75) is 56.8 Å². The Morgan fingerprint density at radius 1 is 1.15 bits per heavy atom. The zero-order valence-corrected chi connectivity index (χ0v) is 22.6. The Morgan fingerprint density at radius 3 is 2.46 bits per heavy atom. The third-order valence-electron chi connectivity index (χ3n) is 8.62. The van der Waals surface area contributed by atoms with Crippen LogP contribution >= 0.6 is 0 Å². The van der Waals surface area contributed by atoms with Crippen LogP contribution in [0.3, 0.4) is 0 Å². The zero-order valence-electron chi connectivity index (χ0n) is 22.6. The minimum Gasteiger partial charge on any atom is -0.394 e. The number of nitrogens with one attached hydrogen (secondary N) is 1. The molecule has 0 spiro atoms. The molecule has 2 saturated heterocycles. The Balaban J connectivity index is 1.44. The van der Waals surface area contributed by atoms with Crippen molar-refractivity contribution in [1.82, 2.24) is 15.2 Å². The zero-order chi connectivity index (χ0) is 29.7. The van der Waals surface area contributed by atoms with Gasteiger partial charge in [0.15, 0.2) is 0 Å². The summed E-state index contributed by atoms with van der Waals surface area (Å²) >= 11 is 0. The van der Waals surface area contributed by atoms with E-state index in [1.54, 1.807) is 26.0 Å². The molecule has 3 atom stereocenters. The standard InChI is InChI=1S/C30H31F4N3O4/c1-28(2)16-37(24(15-38)17-3-5-19(6-4-17)30(32,33)34)12-11-29(28,41)22-8-9-23-21(26(22)31)13-18(14-35-23)20-7-10-25(39)36-27(20)40/h3-6,8-9,13-14,20,24,38,41H,7,10-12,15-16H2,1-2H3,(H,36,39,40)/t20?,24-,29+/m1/s1. The van der Waals surface area contributed by atoms with Crippen molar-refractivity contribution >= 4 is 22.7 Å². The summed E-state index contributed by atoms with van der Waals surface area (Å²) in [6.07, 6.45) is -2.42. The van der Waals surface area contributed by atoms with Gasteiger partial charge in [-0.25, -0.2) is 4.39 Å². The van der Waals surface area contributed by atoms with E-state index in [0.717, 1.165) is 12.1 Å². The van der Waals surface area contributed by atoms with E-state index in [1.165, 1.54) is 24.4 Å². The van der Waals surface area contributed by atoms with Gasteiger partial charge in [-0.1, -0.05) is 32.0 Å². The number of aliphatic hydroxyl groups excluding tert-OH is 1. The third-order valence-corrected chi connectivity index (χ3v) is 8.62. The molecule has 3 N–H and O–H groups in total. The minimum absolute atomic E-state index is 0.0759. The second kappa shape index (κ2) is 10.5.